The SMILES string of the molecule is COc1cccc(CSc2nnc(-c3ccccc3OC)n2C)c1. The quantitative estimate of drug-likeness (QED) is 0.639. The van der Waals surface area contributed by atoms with Crippen molar-refractivity contribution in [1.29, 1.82) is 0 Å². The third-order valence-electron chi connectivity index (χ3n) is 3.68. The van der Waals surface area contributed by atoms with Gasteiger partial charge in [0.2, 0.25) is 0 Å². The zero-order chi connectivity index (χ0) is 16.9. The molecular weight excluding hydrogens is 322 g/mol. The molecular formula is C18H19N3O2S. The maximum Gasteiger partial charge on any atom is 0.191 e. The predicted molar refractivity (Wildman–Crippen MR) is 95.5 cm³/mol. The van der Waals surface area contributed by atoms with E-state index in [0.29, 0.717) is 0 Å². The highest BCUT2D eigenvalue weighted by molar-refractivity contribution is 7.98. The summed E-state index contributed by atoms with van der Waals surface area (Å²) in [6.45, 7) is 0. The largest absolute Gasteiger partial charge is 0.497 e. The van der Waals surface area contributed by atoms with E-state index < -0.39 is 0 Å². The highest BCUT2D eigenvalue weighted by Gasteiger charge is 2.14. The Morgan fingerprint density at radius 2 is 1.83 bits per heavy atom. The Bertz CT molecular complexity index is 833. The van der Waals surface area contributed by atoms with E-state index in [1.54, 1.807) is 26.0 Å². The third-order valence-corrected chi connectivity index (χ3v) is 4.78. The number of methoxy groups -OCH3 is 2. The summed E-state index contributed by atoms with van der Waals surface area (Å²) in [7, 11) is 5.30. The first-order valence-corrected chi connectivity index (χ1v) is 8.50. The molecule has 6 heteroatoms. The summed E-state index contributed by atoms with van der Waals surface area (Å²) in [6, 6.07) is 15.9. The number of hydrogen-bond acceptors (Lipinski definition) is 5. The molecule has 0 aliphatic rings. The molecule has 1 aromatic heterocycles. The Balaban J connectivity index is 1.80. The van der Waals surface area contributed by atoms with E-state index in [9.17, 15) is 0 Å². The number of ether oxygens (including phenoxy) is 2. The van der Waals surface area contributed by atoms with Crippen molar-refractivity contribution < 1.29 is 9.47 Å². The minimum atomic E-state index is 0.789. The van der Waals surface area contributed by atoms with E-state index in [1.165, 1.54) is 5.56 Å². The van der Waals surface area contributed by atoms with Gasteiger partial charge in [-0.3, -0.25) is 0 Å². The van der Waals surface area contributed by atoms with Crippen molar-refractivity contribution in [2.24, 2.45) is 7.05 Å². The Morgan fingerprint density at radius 3 is 2.62 bits per heavy atom. The summed E-state index contributed by atoms with van der Waals surface area (Å²) in [5, 5.41) is 9.50. The van der Waals surface area contributed by atoms with Crippen LogP contribution in [0.4, 0.5) is 0 Å². The van der Waals surface area contributed by atoms with Crippen LogP contribution in [0.1, 0.15) is 5.56 Å². The second-order valence-electron chi connectivity index (χ2n) is 5.21. The van der Waals surface area contributed by atoms with Gasteiger partial charge in [-0.1, -0.05) is 36.0 Å². The molecule has 0 fully saturated rings. The Labute approximate surface area is 145 Å². The fourth-order valence-electron chi connectivity index (χ4n) is 2.41. The standard InChI is InChI=1S/C18H19N3O2S/c1-21-17(15-9-4-5-10-16(15)23-3)19-20-18(21)24-12-13-7-6-8-14(11-13)22-2/h4-11H,12H2,1-3H3. The molecule has 0 atom stereocenters. The Morgan fingerprint density at radius 1 is 1.00 bits per heavy atom. The Kier molecular flexibility index (Phi) is 5.05. The van der Waals surface area contributed by atoms with Crippen LogP contribution < -0.4 is 9.47 Å². The van der Waals surface area contributed by atoms with Crippen molar-refractivity contribution in [1.82, 2.24) is 14.8 Å². The van der Waals surface area contributed by atoms with E-state index in [0.717, 1.165) is 33.8 Å². The normalized spacial score (nSPS) is 10.6. The van der Waals surface area contributed by atoms with Gasteiger partial charge in [-0.2, -0.15) is 0 Å². The molecule has 3 aromatic rings. The first kappa shape index (κ1) is 16.4. The zero-order valence-electron chi connectivity index (χ0n) is 13.9. The van der Waals surface area contributed by atoms with Gasteiger partial charge < -0.3 is 14.0 Å². The maximum absolute atomic E-state index is 5.42. The molecule has 0 aliphatic heterocycles. The summed E-state index contributed by atoms with van der Waals surface area (Å²) in [4.78, 5) is 0. The molecule has 0 radical (unpaired) electrons. The van der Waals surface area contributed by atoms with Crippen LogP contribution in [-0.2, 0) is 12.8 Å². The number of aromatic nitrogens is 3. The fraction of sp³-hybridized carbons (Fsp3) is 0.222. The van der Waals surface area contributed by atoms with Gasteiger partial charge in [0.25, 0.3) is 0 Å². The van der Waals surface area contributed by atoms with Crippen LogP contribution in [0.15, 0.2) is 53.7 Å². The number of benzene rings is 2. The second kappa shape index (κ2) is 7.40. The molecule has 0 amide bonds. The van der Waals surface area contributed by atoms with E-state index in [4.69, 9.17) is 9.47 Å². The van der Waals surface area contributed by atoms with Crippen LogP contribution in [0.2, 0.25) is 0 Å². The molecule has 0 aliphatic carbocycles. The smallest absolute Gasteiger partial charge is 0.191 e. The molecule has 0 saturated carbocycles. The highest BCUT2D eigenvalue weighted by Crippen LogP contribution is 2.31. The lowest BCUT2D eigenvalue weighted by Gasteiger charge is -2.08. The van der Waals surface area contributed by atoms with Gasteiger partial charge in [0.15, 0.2) is 11.0 Å². The lowest BCUT2D eigenvalue weighted by atomic mass is 10.2. The average molecular weight is 341 g/mol. The van der Waals surface area contributed by atoms with Crippen LogP contribution in [0.5, 0.6) is 11.5 Å². The van der Waals surface area contributed by atoms with Crippen LogP contribution in [0.3, 0.4) is 0 Å². The first-order valence-electron chi connectivity index (χ1n) is 7.51. The van der Waals surface area contributed by atoms with E-state index in [2.05, 4.69) is 16.3 Å². The summed E-state index contributed by atoms with van der Waals surface area (Å²) >= 11 is 1.64. The topological polar surface area (TPSA) is 49.2 Å². The minimum Gasteiger partial charge on any atom is -0.497 e. The van der Waals surface area contributed by atoms with E-state index in [1.807, 2.05) is 54.1 Å². The molecule has 0 spiro atoms. The van der Waals surface area contributed by atoms with Crippen LogP contribution >= 0.6 is 11.8 Å². The molecule has 124 valence electrons. The van der Waals surface area contributed by atoms with Gasteiger partial charge in [0.1, 0.15) is 11.5 Å². The lowest BCUT2D eigenvalue weighted by Crippen LogP contribution is -1.97. The molecule has 3 rings (SSSR count). The monoisotopic (exact) mass is 341 g/mol. The van der Waals surface area contributed by atoms with Crippen molar-refractivity contribution in [2.45, 2.75) is 10.9 Å². The van der Waals surface area contributed by atoms with Gasteiger partial charge in [-0.05, 0) is 29.8 Å². The molecule has 0 bridgehead atoms. The van der Waals surface area contributed by atoms with Gasteiger partial charge in [-0.25, -0.2) is 0 Å². The van der Waals surface area contributed by atoms with Crippen LogP contribution in [0, 0.1) is 0 Å². The predicted octanol–water partition coefficient (Wildman–Crippen LogP) is 3.79. The van der Waals surface area contributed by atoms with Gasteiger partial charge in [-0.15, -0.1) is 10.2 Å². The van der Waals surface area contributed by atoms with Crippen molar-refractivity contribution in [3.63, 3.8) is 0 Å². The van der Waals surface area contributed by atoms with Crippen molar-refractivity contribution in [2.75, 3.05) is 14.2 Å². The number of rotatable bonds is 6. The zero-order valence-corrected chi connectivity index (χ0v) is 14.7. The molecule has 0 unspecified atom stereocenters. The van der Waals surface area contributed by atoms with E-state index in [-0.39, 0.29) is 0 Å². The van der Waals surface area contributed by atoms with Gasteiger partial charge >= 0.3 is 0 Å². The lowest BCUT2D eigenvalue weighted by molar-refractivity contribution is 0.414. The van der Waals surface area contributed by atoms with Crippen molar-refractivity contribution >= 4 is 11.8 Å². The second-order valence-corrected chi connectivity index (χ2v) is 6.15. The Hall–Kier alpha value is -2.47. The minimum absolute atomic E-state index is 0.789. The van der Waals surface area contributed by atoms with Gasteiger partial charge in [0, 0.05) is 12.8 Å². The van der Waals surface area contributed by atoms with Crippen molar-refractivity contribution in [3.05, 3.63) is 54.1 Å². The number of thioether (sulfide) groups is 1. The molecule has 24 heavy (non-hydrogen) atoms. The van der Waals surface area contributed by atoms with Crippen LogP contribution in [0.25, 0.3) is 11.4 Å². The molecule has 1 heterocycles. The number of hydrogen-bond donors (Lipinski definition) is 0. The summed E-state index contributed by atoms with van der Waals surface area (Å²) in [6.07, 6.45) is 0. The maximum atomic E-state index is 5.42. The number of nitrogens with zero attached hydrogens (tertiary/aromatic N) is 3. The van der Waals surface area contributed by atoms with Crippen molar-refractivity contribution in [3.8, 4) is 22.9 Å². The third kappa shape index (κ3) is 3.38. The highest BCUT2D eigenvalue weighted by atomic mass is 32.2. The number of para-hydroxylation sites is 1. The summed E-state index contributed by atoms with van der Waals surface area (Å²) < 4.78 is 12.7. The average Bonchev–Trinajstić information content (AvgIpc) is 3.00. The van der Waals surface area contributed by atoms with Gasteiger partial charge in [0.05, 0.1) is 19.8 Å². The van der Waals surface area contributed by atoms with Crippen LogP contribution in [-0.4, -0.2) is 29.0 Å². The molecule has 0 saturated heterocycles. The summed E-state index contributed by atoms with van der Waals surface area (Å²) in [5.74, 6) is 3.24. The molecule has 0 N–H and O–H groups in total. The fourth-order valence-corrected chi connectivity index (χ4v) is 3.27. The first-order chi connectivity index (χ1) is 11.7. The van der Waals surface area contributed by atoms with E-state index >= 15 is 0 Å². The molecule has 2 aromatic carbocycles. The summed E-state index contributed by atoms with van der Waals surface area (Å²) in [5.41, 5.74) is 2.12. The molecule has 5 nitrogen and oxygen atoms in total.